The number of benzene rings is 2. The highest BCUT2D eigenvalue weighted by atomic mass is 32.2. The summed E-state index contributed by atoms with van der Waals surface area (Å²) in [4.78, 5) is 12.9. The minimum Gasteiger partial charge on any atom is -0.508 e. The Balaban J connectivity index is 2.27. The van der Waals surface area contributed by atoms with Crippen LogP contribution in [0.2, 0.25) is 0 Å². The number of sulfonamides is 1. The molecule has 0 amide bonds. The summed E-state index contributed by atoms with van der Waals surface area (Å²) in [5, 5.41) is 9.60. The molecule has 0 aliphatic carbocycles. The Bertz CT molecular complexity index is 945. The Hall–Kier alpha value is -2.60. The first kappa shape index (κ1) is 16.3. The van der Waals surface area contributed by atoms with Crippen LogP contribution in [-0.4, -0.2) is 29.7 Å². The largest absolute Gasteiger partial charge is 0.508 e. The highest BCUT2D eigenvalue weighted by molar-refractivity contribution is 7.89. The van der Waals surface area contributed by atoms with Gasteiger partial charge in [0.1, 0.15) is 11.4 Å². The molecular formula is C18H17NO4S. The summed E-state index contributed by atoms with van der Waals surface area (Å²) in [6.45, 7) is 3.43. The molecule has 0 unspecified atom stereocenters. The molecule has 0 bridgehead atoms. The number of aromatic hydroxyl groups is 1. The molecule has 2 aromatic rings. The Morgan fingerprint density at radius 3 is 2.46 bits per heavy atom. The van der Waals surface area contributed by atoms with Gasteiger partial charge in [0.15, 0.2) is 0 Å². The maximum Gasteiger partial charge on any atom is 0.265 e. The number of phenolic OH excluding ortho intramolecular Hbond substituents is 1. The average Bonchev–Trinajstić information content (AvgIpc) is 2.52. The molecule has 1 heterocycles. The van der Waals surface area contributed by atoms with Crippen LogP contribution in [0, 0.1) is 0 Å². The van der Waals surface area contributed by atoms with Crippen LogP contribution in [0.5, 0.6) is 5.75 Å². The van der Waals surface area contributed by atoms with Gasteiger partial charge in [-0.05, 0) is 49.8 Å². The molecule has 0 fully saturated rings. The maximum atomic E-state index is 12.9. The van der Waals surface area contributed by atoms with Crippen LogP contribution < -0.4 is 0 Å². The van der Waals surface area contributed by atoms with Gasteiger partial charge >= 0.3 is 0 Å². The molecule has 1 N–H and O–H groups in total. The van der Waals surface area contributed by atoms with E-state index in [1.807, 2.05) is 0 Å². The molecule has 0 saturated carbocycles. The third-order valence-corrected chi connectivity index (χ3v) is 5.83. The van der Waals surface area contributed by atoms with E-state index in [9.17, 15) is 18.3 Å². The van der Waals surface area contributed by atoms with Crippen LogP contribution in [0.15, 0.2) is 59.1 Å². The van der Waals surface area contributed by atoms with E-state index < -0.39 is 16.1 Å². The van der Waals surface area contributed by atoms with Crippen molar-refractivity contribution in [3.05, 3.63) is 65.4 Å². The lowest BCUT2D eigenvalue weighted by molar-refractivity contribution is 0.0996. The number of phenols is 1. The van der Waals surface area contributed by atoms with E-state index in [0.717, 1.165) is 4.31 Å². The van der Waals surface area contributed by atoms with Crippen LogP contribution in [0.1, 0.15) is 29.8 Å². The molecule has 124 valence electrons. The van der Waals surface area contributed by atoms with Crippen molar-refractivity contribution in [2.45, 2.75) is 24.8 Å². The number of carbonyl (C=O) groups excluding carboxylic acids is 1. The zero-order valence-electron chi connectivity index (χ0n) is 13.3. The van der Waals surface area contributed by atoms with Gasteiger partial charge < -0.3 is 5.11 Å². The van der Waals surface area contributed by atoms with E-state index in [1.54, 1.807) is 38.1 Å². The van der Waals surface area contributed by atoms with E-state index >= 15 is 0 Å². The fourth-order valence-corrected chi connectivity index (χ4v) is 4.66. The van der Waals surface area contributed by atoms with E-state index in [1.165, 1.54) is 30.3 Å². The van der Waals surface area contributed by atoms with Crippen molar-refractivity contribution in [2.75, 3.05) is 0 Å². The van der Waals surface area contributed by atoms with Gasteiger partial charge in [-0.1, -0.05) is 24.3 Å². The second-order valence-electron chi connectivity index (χ2n) is 5.84. The number of nitrogens with zero attached hydrogens (tertiary/aromatic N) is 1. The standard InChI is InChI=1S/C18H17NO4S/c1-12(2)19-16(11-13-6-5-7-14(20)10-13)18(21)15-8-3-4-9-17(15)24(19,22)23/h3-12,20H,1-2H3. The second kappa shape index (κ2) is 5.79. The van der Waals surface area contributed by atoms with Gasteiger partial charge in [-0.25, -0.2) is 8.42 Å². The Labute approximate surface area is 140 Å². The third kappa shape index (κ3) is 2.59. The van der Waals surface area contributed by atoms with Crippen LogP contribution >= 0.6 is 0 Å². The molecule has 24 heavy (non-hydrogen) atoms. The first-order valence-corrected chi connectivity index (χ1v) is 8.95. The molecule has 2 aromatic carbocycles. The molecule has 0 radical (unpaired) electrons. The summed E-state index contributed by atoms with van der Waals surface area (Å²) < 4.78 is 27.0. The van der Waals surface area contributed by atoms with Gasteiger partial charge in [-0.2, -0.15) is 0 Å². The summed E-state index contributed by atoms with van der Waals surface area (Å²) in [7, 11) is -3.81. The topological polar surface area (TPSA) is 74.7 Å². The lowest BCUT2D eigenvalue weighted by atomic mass is 10.0. The smallest absolute Gasteiger partial charge is 0.265 e. The van der Waals surface area contributed by atoms with E-state index in [-0.39, 0.29) is 27.7 Å². The van der Waals surface area contributed by atoms with Crippen molar-refractivity contribution in [2.24, 2.45) is 0 Å². The molecule has 0 spiro atoms. The lowest BCUT2D eigenvalue weighted by Crippen LogP contribution is -2.43. The summed E-state index contributed by atoms with van der Waals surface area (Å²) in [6.07, 6.45) is 1.50. The van der Waals surface area contributed by atoms with E-state index in [2.05, 4.69) is 0 Å². The van der Waals surface area contributed by atoms with Crippen LogP contribution in [-0.2, 0) is 10.0 Å². The minimum atomic E-state index is -3.81. The molecule has 1 aliphatic heterocycles. The number of fused-ring (bicyclic) bond motifs is 1. The highest BCUT2D eigenvalue weighted by Gasteiger charge is 2.40. The van der Waals surface area contributed by atoms with E-state index in [4.69, 9.17) is 0 Å². The normalized spacial score (nSPS) is 18.0. The van der Waals surface area contributed by atoms with Gasteiger partial charge in [0.05, 0.1) is 4.90 Å². The van der Waals surface area contributed by atoms with Crippen LogP contribution in [0.4, 0.5) is 0 Å². The zero-order chi connectivity index (χ0) is 17.5. The number of Topliss-reactive ketones (excluding diaryl/α,β-unsaturated/α-hetero) is 1. The quantitative estimate of drug-likeness (QED) is 0.851. The average molecular weight is 343 g/mol. The summed E-state index contributed by atoms with van der Waals surface area (Å²) in [6, 6.07) is 12.1. The maximum absolute atomic E-state index is 12.9. The first-order valence-electron chi connectivity index (χ1n) is 7.51. The van der Waals surface area contributed by atoms with Crippen LogP contribution in [0.3, 0.4) is 0 Å². The molecule has 3 rings (SSSR count). The Morgan fingerprint density at radius 1 is 1.08 bits per heavy atom. The number of allylic oxidation sites excluding steroid dienone is 1. The van der Waals surface area contributed by atoms with Gasteiger partial charge in [0.2, 0.25) is 5.78 Å². The number of rotatable bonds is 2. The third-order valence-electron chi connectivity index (χ3n) is 3.78. The first-order chi connectivity index (χ1) is 11.3. The zero-order valence-corrected chi connectivity index (χ0v) is 14.1. The number of ketones is 1. The van der Waals surface area contributed by atoms with Gasteiger partial charge in [-0.15, -0.1) is 0 Å². The molecular weight excluding hydrogens is 326 g/mol. The predicted molar refractivity (Wildman–Crippen MR) is 91.0 cm³/mol. The predicted octanol–water partition coefficient (Wildman–Crippen LogP) is 3.03. The van der Waals surface area contributed by atoms with Crippen molar-refractivity contribution >= 4 is 21.9 Å². The number of hydrogen-bond donors (Lipinski definition) is 1. The summed E-state index contributed by atoms with van der Waals surface area (Å²) in [5.74, 6) is -0.301. The molecule has 0 atom stereocenters. The Morgan fingerprint density at radius 2 is 1.79 bits per heavy atom. The van der Waals surface area contributed by atoms with Crippen molar-refractivity contribution < 1.29 is 18.3 Å². The molecule has 0 saturated heterocycles. The van der Waals surface area contributed by atoms with Crippen molar-refractivity contribution in [3.8, 4) is 5.75 Å². The second-order valence-corrected chi connectivity index (χ2v) is 7.63. The fourth-order valence-electron chi connectivity index (χ4n) is 2.81. The minimum absolute atomic E-state index is 0.0248. The lowest BCUT2D eigenvalue weighted by Gasteiger charge is -2.34. The van der Waals surface area contributed by atoms with Crippen molar-refractivity contribution in [1.82, 2.24) is 4.31 Å². The van der Waals surface area contributed by atoms with Gasteiger partial charge in [-0.3, -0.25) is 9.10 Å². The number of hydrogen-bond acceptors (Lipinski definition) is 4. The Kier molecular flexibility index (Phi) is 3.93. The van der Waals surface area contributed by atoms with Crippen molar-refractivity contribution in [3.63, 3.8) is 0 Å². The fraction of sp³-hybridized carbons (Fsp3) is 0.167. The SMILES string of the molecule is CC(C)N1C(=Cc2cccc(O)c2)C(=O)c2ccccc2S1(=O)=O. The van der Waals surface area contributed by atoms with Crippen molar-refractivity contribution in [1.29, 1.82) is 0 Å². The monoisotopic (exact) mass is 343 g/mol. The summed E-state index contributed by atoms with van der Waals surface area (Å²) >= 11 is 0. The molecule has 0 aromatic heterocycles. The van der Waals surface area contributed by atoms with Crippen LogP contribution in [0.25, 0.3) is 6.08 Å². The number of carbonyl (C=O) groups is 1. The highest BCUT2D eigenvalue weighted by Crippen LogP contribution is 2.34. The van der Waals surface area contributed by atoms with Gasteiger partial charge in [0.25, 0.3) is 10.0 Å². The molecule has 1 aliphatic rings. The van der Waals surface area contributed by atoms with E-state index in [0.29, 0.717) is 5.56 Å². The molecule has 6 heteroatoms. The summed E-state index contributed by atoms with van der Waals surface area (Å²) in [5.41, 5.74) is 0.800. The van der Waals surface area contributed by atoms with Gasteiger partial charge in [0, 0.05) is 11.6 Å². The molecule has 5 nitrogen and oxygen atoms in total.